The van der Waals surface area contributed by atoms with Crippen LogP contribution in [0, 0.1) is 6.92 Å². The number of benzene rings is 2. The summed E-state index contributed by atoms with van der Waals surface area (Å²) >= 11 is 0. The summed E-state index contributed by atoms with van der Waals surface area (Å²) in [5.41, 5.74) is 6.70. The van der Waals surface area contributed by atoms with Gasteiger partial charge in [0, 0.05) is 30.0 Å². The molecule has 0 saturated heterocycles. The van der Waals surface area contributed by atoms with Crippen LogP contribution in [0.5, 0.6) is 17.4 Å². The molecule has 2 N–H and O–H groups in total. The molecule has 40 heavy (non-hydrogen) atoms. The van der Waals surface area contributed by atoms with Gasteiger partial charge < -0.3 is 24.4 Å². The molecule has 2 aromatic carbocycles. The molecule has 2 aliphatic rings. The van der Waals surface area contributed by atoms with E-state index in [0.29, 0.717) is 30.4 Å². The molecular weight excluding hydrogens is 534 g/mol. The van der Waals surface area contributed by atoms with Gasteiger partial charge in [-0.25, -0.2) is 13.4 Å². The zero-order chi connectivity index (χ0) is 28.4. The van der Waals surface area contributed by atoms with Gasteiger partial charge in [0.1, 0.15) is 27.4 Å². The highest BCUT2D eigenvalue weighted by Gasteiger charge is 2.30. The highest BCUT2D eigenvalue weighted by Crippen LogP contribution is 2.43. The number of aryl methyl sites for hydroxylation is 1. The molecule has 0 amide bonds. The highest BCUT2D eigenvalue weighted by atomic mass is 32.2. The van der Waals surface area contributed by atoms with E-state index in [4.69, 9.17) is 19.3 Å². The first-order valence-corrected chi connectivity index (χ1v) is 15.4. The Kier molecular flexibility index (Phi) is 8.00. The molecular formula is C30H33NO8S. The minimum absolute atomic E-state index is 0.000799. The second-order valence-electron chi connectivity index (χ2n) is 10.4. The van der Waals surface area contributed by atoms with Crippen molar-refractivity contribution in [2.75, 3.05) is 25.2 Å². The van der Waals surface area contributed by atoms with Gasteiger partial charge in [0.15, 0.2) is 0 Å². The van der Waals surface area contributed by atoms with E-state index in [1.807, 2.05) is 25.1 Å². The van der Waals surface area contributed by atoms with Crippen LogP contribution in [0.3, 0.4) is 0 Å². The molecule has 0 spiro atoms. The molecule has 0 fully saturated rings. The van der Waals surface area contributed by atoms with Gasteiger partial charge in [-0.3, -0.25) is 4.79 Å². The van der Waals surface area contributed by atoms with E-state index in [1.54, 1.807) is 12.3 Å². The smallest absolute Gasteiger partial charge is 0.304 e. The first kappa shape index (κ1) is 27.9. The largest absolute Gasteiger partial charge is 0.494 e. The maximum Gasteiger partial charge on any atom is 0.304 e. The lowest BCUT2D eigenvalue weighted by Gasteiger charge is -2.19. The topological polar surface area (TPSA) is 132 Å². The number of nitrogens with zero attached hydrogens (tertiary/aromatic N) is 1. The van der Waals surface area contributed by atoms with Crippen molar-refractivity contribution in [2.45, 2.75) is 51.2 Å². The van der Waals surface area contributed by atoms with Crippen LogP contribution in [0.2, 0.25) is 0 Å². The molecule has 1 aromatic heterocycles. The van der Waals surface area contributed by atoms with Gasteiger partial charge >= 0.3 is 5.97 Å². The van der Waals surface area contributed by atoms with E-state index >= 15 is 0 Å². The first-order chi connectivity index (χ1) is 19.1. The van der Waals surface area contributed by atoms with Gasteiger partial charge in [0.25, 0.3) is 0 Å². The second-order valence-corrected chi connectivity index (χ2v) is 12.7. The molecule has 1 aliphatic carbocycles. The minimum atomic E-state index is -3.04. The van der Waals surface area contributed by atoms with E-state index in [2.05, 4.69) is 17.1 Å². The number of aliphatic hydroxyl groups excluding tert-OH is 1. The zero-order valence-corrected chi connectivity index (χ0v) is 23.4. The second kappa shape index (κ2) is 11.5. The van der Waals surface area contributed by atoms with Crippen molar-refractivity contribution < 1.29 is 37.6 Å². The summed E-state index contributed by atoms with van der Waals surface area (Å²) in [4.78, 5) is 15.6. The summed E-state index contributed by atoms with van der Waals surface area (Å²) < 4.78 is 40.6. The molecule has 1 aliphatic heterocycles. The van der Waals surface area contributed by atoms with Crippen LogP contribution < -0.4 is 14.2 Å². The fourth-order valence-electron chi connectivity index (χ4n) is 5.63. The summed E-state index contributed by atoms with van der Waals surface area (Å²) in [6.07, 6.45) is 4.62. The molecule has 2 atom stereocenters. The number of carboxylic acid groups (broad SMARTS) is 1. The summed E-state index contributed by atoms with van der Waals surface area (Å²) in [6.45, 7) is 2.41. The number of ether oxygens (including phenoxy) is 3. The monoisotopic (exact) mass is 567 g/mol. The van der Waals surface area contributed by atoms with Crippen molar-refractivity contribution in [3.05, 3.63) is 70.4 Å². The van der Waals surface area contributed by atoms with Crippen molar-refractivity contribution in [1.29, 1.82) is 0 Å². The lowest BCUT2D eigenvalue weighted by molar-refractivity contribution is -0.137. The number of rotatable bonds is 11. The molecule has 0 saturated carbocycles. The third-order valence-electron chi connectivity index (χ3n) is 7.41. The van der Waals surface area contributed by atoms with Crippen molar-refractivity contribution in [2.24, 2.45) is 0 Å². The Morgan fingerprint density at radius 1 is 1.20 bits per heavy atom. The minimum Gasteiger partial charge on any atom is -0.494 e. The van der Waals surface area contributed by atoms with Crippen molar-refractivity contribution >= 4 is 15.8 Å². The van der Waals surface area contributed by atoms with E-state index in [0.717, 1.165) is 51.8 Å². The standard InChI is InChI=1S/C30H33NO8S/c1-18-11-21(37-9-4-10-40(2,35)36)12-19(16-32)30(18)24-6-3-5-23-22(24)7-8-26(23)39-28-14-27-25(15-31-28)20(17-38-27)13-29(33)34/h3,5-6,11-12,14-15,20,26,32H,4,7-10,13,16-17H2,1-2H3,(H,33,34)/t20-,26?/m1/s1. The Bertz CT molecular complexity index is 1530. The van der Waals surface area contributed by atoms with Crippen molar-refractivity contribution in [3.63, 3.8) is 0 Å². The molecule has 3 aromatic rings. The van der Waals surface area contributed by atoms with Crippen LogP contribution in [0.1, 0.15) is 59.1 Å². The summed E-state index contributed by atoms with van der Waals surface area (Å²) in [5, 5.41) is 19.4. The van der Waals surface area contributed by atoms with Crippen LogP contribution in [-0.2, 0) is 27.7 Å². The third kappa shape index (κ3) is 6.08. The Labute approximate surface area is 233 Å². The molecule has 0 radical (unpaired) electrons. The van der Waals surface area contributed by atoms with Gasteiger partial charge in [-0.15, -0.1) is 0 Å². The molecule has 1 unspecified atom stereocenters. The van der Waals surface area contributed by atoms with Crippen molar-refractivity contribution in [3.8, 4) is 28.5 Å². The quantitative estimate of drug-likeness (QED) is 0.324. The normalized spacial score (nSPS) is 17.7. The zero-order valence-electron chi connectivity index (χ0n) is 22.6. The Hall–Kier alpha value is -3.63. The Morgan fingerprint density at radius 3 is 2.77 bits per heavy atom. The first-order valence-electron chi connectivity index (χ1n) is 13.3. The number of hydrogen-bond acceptors (Lipinski definition) is 8. The number of hydrogen-bond donors (Lipinski definition) is 2. The number of carbonyl (C=O) groups is 1. The van der Waals surface area contributed by atoms with Crippen LogP contribution in [0.25, 0.3) is 11.1 Å². The average molecular weight is 568 g/mol. The lowest BCUT2D eigenvalue weighted by atomic mass is 9.90. The van der Waals surface area contributed by atoms with E-state index in [9.17, 15) is 18.3 Å². The number of sulfone groups is 1. The van der Waals surface area contributed by atoms with Gasteiger partial charge in [0.2, 0.25) is 5.88 Å². The van der Waals surface area contributed by atoms with Gasteiger partial charge in [-0.1, -0.05) is 18.2 Å². The predicted octanol–water partition coefficient (Wildman–Crippen LogP) is 4.38. The third-order valence-corrected chi connectivity index (χ3v) is 8.44. The number of aliphatic carboxylic acids is 1. The molecule has 2 heterocycles. The average Bonchev–Trinajstić information content (AvgIpc) is 3.49. The predicted molar refractivity (Wildman–Crippen MR) is 149 cm³/mol. The maximum atomic E-state index is 11.4. The summed E-state index contributed by atoms with van der Waals surface area (Å²) in [5.74, 6) is 0.634. The molecule has 5 rings (SSSR count). The Morgan fingerprint density at radius 2 is 2.02 bits per heavy atom. The highest BCUT2D eigenvalue weighted by molar-refractivity contribution is 7.90. The SMILES string of the molecule is Cc1cc(OCCCS(C)(=O)=O)cc(CO)c1-c1cccc2c1CCC2Oc1cc2c(cn1)[C@H](CC(=O)O)CO2. The van der Waals surface area contributed by atoms with Crippen LogP contribution in [0.15, 0.2) is 42.6 Å². The number of pyridine rings is 1. The molecule has 9 nitrogen and oxygen atoms in total. The van der Waals surface area contributed by atoms with Crippen LogP contribution >= 0.6 is 0 Å². The fraction of sp³-hybridized carbons (Fsp3) is 0.400. The van der Waals surface area contributed by atoms with Crippen LogP contribution in [0.4, 0.5) is 0 Å². The number of aromatic nitrogens is 1. The number of carboxylic acids is 1. The summed E-state index contributed by atoms with van der Waals surface area (Å²) in [6, 6.07) is 11.6. The molecule has 0 bridgehead atoms. The van der Waals surface area contributed by atoms with Gasteiger partial charge in [0.05, 0.1) is 32.0 Å². The summed E-state index contributed by atoms with van der Waals surface area (Å²) in [7, 11) is -3.04. The van der Waals surface area contributed by atoms with Gasteiger partial charge in [-0.2, -0.15) is 0 Å². The Balaban J connectivity index is 1.35. The van der Waals surface area contributed by atoms with Crippen LogP contribution in [-0.4, -0.2) is 54.8 Å². The number of aliphatic hydroxyl groups is 1. The lowest BCUT2D eigenvalue weighted by Crippen LogP contribution is -2.08. The van der Waals surface area contributed by atoms with E-state index in [1.165, 1.54) is 6.26 Å². The molecule has 212 valence electrons. The van der Waals surface area contributed by atoms with Gasteiger partial charge in [-0.05, 0) is 71.7 Å². The van der Waals surface area contributed by atoms with E-state index in [-0.39, 0.29) is 37.4 Å². The number of fused-ring (bicyclic) bond motifs is 2. The fourth-order valence-corrected chi connectivity index (χ4v) is 6.28. The molecule has 10 heteroatoms. The maximum absolute atomic E-state index is 11.4. The van der Waals surface area contributed by atoms with Crippen molar-refractivity contribution in [1.82, 2.24) is 4.98 Å². The van der Waals surface area contributed by atoms with E-state index < -0.39 is 15.8 Å².